The van der Waals surface area contributed by atoms with E-state index in [9.17, 15) is 9.18 Å². The van der Waals surface area contributed by atoms with Gasteiger partial charge < -0.3 is 9.64 Å². The van der Waals surface area contributed by atoms with Gasteiger partial charge in [0.2, 0.25) is 0 Å². The van der Waals surface area contributed by atoms with Gasteiger partial charge in [-0.2, -0.15) is 0 Å². The third-order valence-electron chi connectivity index (χ3n) is 3.54. The number of aromatic nitrogens is 1. The van der Waals surface area contributed by atoms with Crippen LogP contribution in [-0.2, 0) is 4.74 Å². The van der Waals surface area contributed by atoms with Crippen molar-refractivity contribution in [1.82, 2.24) is 9.88 Å². The van der Waals surface area contributed by atoms with Crippen LogP contribution in [0.4, 0.5) is 4.39 Å². The molecule has 0 spiro atoms. The summed E-state index contributed by atoms with van der Waals surface area (Å²) in [6, 6.07) is 6.22. The minimum atomic E-state index is -0.275. The molecule has 0 aliphatic carbocycles. The lowest BCUT2D eigenvalue weighted by Crippen LogP contribution is -2.42. The number of carbonyl (C=O) groups excluding carboxylic acids is 1. The molecule has 2 aromatic rings. The van der Waals surface area contributed by atoms with Crippen molar-refractivity contribution >= 4 is 17.2 Å². The molecule has 1 aliphatic rings. The lowest BCUT2D eigenvalue weighted by Gasteiger charge is -2.33. The Balaban J connectivity index is 1.75. The first-order chi connectivity index (χ1) is 10.1. The van der Waals surface area contributed by atoms with E-state index in [2.05, 4.69) is 4.98 Å². The molecule has 110 valence electrons. The number of aryl methyl sites for hydroxylation is 1. The van der Waals surface area contributed by atoms with Crippen LogP contribution in [0.2, 0.25) is 0 Å². The number of amides is 1. The van der Waals surface area contributed by atoms with Gasteiger partial charge in [-0.05, 0) is 24.6 Å². The highest BCUT2D eigenvalue weighted by Crippen LogP contribution is 2.25. The fraction of sp³-hybridized carbons (Fsp3) is 0.333. The second-order valence-electron chi connectivity index (χ2n) is 4.93. The van der Waals surface area contributed by atoms with Crippen LogP contribution in [0.3, 0.4) is 0 Å². The first-order valence-electron chi connectivity index (χ1n) is 6.71. The lowest BCUT2D eigenvalue weighted by molar-refractivity contribution is -0.0227. The van der Waals surface area contributed by atoms with E-state index in [-0.39, 0.29) is 17.8 Å². The van der Waals surface area contributed by atoms with E-state index in [0.29, 0.717) is 24.6 Å². The molecule has 0 unspecified atom stereocenters. The van der Waals surface area contributed by atoms with E-state index >= 15 is 0 Å². The number of hydrogen-bond donors (Lipinski definition) is 0. The van der Waals surface area contributed by atoms with Crippen molar-refractivity contribution in [2.45, 2.75) is 13.0 Å². The van der Waals surface area contributed by atoms with Crippen LogP contribution < -0.4 is 0 Å². The van der Waals surface area contributed by atoms with Crippen molar-refractivity contribution in [3.05, 3.63) is 51.7 Å². The third kappa shape index (κ3) is 2.96. The lowest BCUT2D eigenvalue weighted by atomic mass is 10.1. The van der Waals surface area contributed by atoms with Crippen molar-refractivity contribution in [1.29, 1.82) is 0 Å². The minimum absolute atomic E-state index is 0.00888. The number of halogens is 1. The van der Waals surface area contributed by atoms with Gasteiger partial charge >= 0.3 is 0 Å². The van der Waals surface area contributed by atoms with Crippen LogP contribution in [0.25, 0.3) is 0 Å². The molecule has 0 bridgehead atoms. The van der Waals surface area contributed by atoms with E-state index in [4.69, 9.17) is 4.74 Å². The molecular formula is C15H15FN2O2S. The zero-order valence-corrected chi connectivity index (χ0v) is 12.4. The standard InChI is InChI=1S/C15H15FN2O2S/c1-10-14(21-9-17-10)15(19)18-6-7-20-13(8-18)11-2-4-12(16)5-3-11/h2-5,9,13H,6-8H2,1H3/t13-/m1/s1. The monoisotopic (exact) mass is 306 g/mol. The number of ether oxygens (including phenoxy) is 1. The Morgan fingerprint density at radius 2 is 2.19 bits per heavy atom. The number of rotatable bonds is 2. The molecule has 1 aliphatic heterocycles. The zero-order valence-electron chi connectivity index (χ0n) is 11.6. The average molecular weight is 306 g/mol. The van der Waals surface area contributed by atoms with E-state index in [1.165, 1.54) is 23.5 Å². The number of morpholine rings is 1. The molecule has 1 amide bonds. The predicted molar refractivity (Wildman–Crippen MR) is 77.8 cm³/mol. The molecule has 1 saturated heterocycles. The summed E-state index contributed by atoms with van der Waals surface area (Å²) in [6.45, 7) is 3.35. The van der Waals surface area contributed by atoms with Gasteiger partial charge in [0.1, 0.15) is 16.8 Å². The average Bonchev–Trinajstić information content (AvgIpc) is 2.93. The van der Waals surface area contributed by atoms with Crippen LogP contribution in [0.5, 0.6) is 0 Å². The second-order valence-corrected chi connectivity index (χ2v) is 5.78. The quantitative estimate of drug-likeness (QED) is 0.857. The molecule has 1 aromatic carbocycles. The van der Waals surface area contributed by atoms with Gasteiger partial charge in [0.15, 0.2) is 0 Å². The maximum absolute atomic E-state index is 13.0. The molecular weight excluding hydrogens is 291 g/mol. The summed E-state index contributed by atoms with van der Waals surface area (Å²) in [7, 11) is 0. The Kier molecular flexibility index (Phi) is 3.98. The van der Waals surface area contributed by atoms with Crippen LogP contribution >= 0.6 is 11.3 Å². The van der Waals surface area contributed by atoms with Crippen LogP contribution in [-0.4, -0.2) is 35.5 Å². The highest BCUT2D eigenvalue weighted by Gasteiger charge is 2.27. The topological polar surface area (TPSA) is 42.4 Å². The van der Waals surface area contributed by atoms with Gasteiger partial charge in [-0.1, -0.05) is 12.1 Å². The van der Waals surface area contributed by atoms with Crippen LogP contribution in [0, 0.1) is 12.7 Å². The summed E-state index contributed by atoms with van der Waals surface area (Å²) in [5.74, 6) is -0.284. The fourth-order valence-corrected chi connectivity index (χ4v) is 3.13. The Labute approximate surface area is 126 Å². The number of nitrogens with zero attached hydrogens (tertiary/aromatic N) is 2. The number of thiazole rings is 1. The Morgan fingerprint density at radius 3 is 2.86 bits per heavy atom. The molecule has 0 N–H and O–H groups in total. The van der Waals surface area contributed by atoms with Gasteiger partial charge in [-0.3, -0.25) is 4.79 Å². The van der Waals surface area contributed by atoms with Crippen molar-refractivity contribution < 1.29 is 13.9 Å². The molecule has 1 fully saturated rings. The molecule has 6 heteroatoms. The van der Waals surface area contributed by atoms with Crippen LogP contribution in [0.1, 0.15) is 27.0 Å². The number of benzene rings is 1. The molecule has 21 heavy (non-hydrogen) atoms. The highest BCUT2D eigenvalue weighted by molar-refractivity contribution is 7.11. The minimum Gasteiger partial charge on any atom is -0.370 e. The summed E-state index contributed by atoms with van der Waals surface area (Å²) in [5.41, 5.74) is 3.32. The Bertz CT molecular complexity index is 641. The summed E-state index contributed by atoms with van der Waals surface area (Å²) < 4.78 is 18.7. The molecule has 4 nitrogen and oxygen atoms in total. The number of carbonyl (C=O) groups is 1. The Hall–Kier alpha value is -1.79. The van der Waals surface area contributed by atoms with E-state index < -0.39 is 0 Å². The van der Waals surface area contributed by atoms with Gasteiger partial charge in [0.25, 0.3) is 5.91 Å². The van der Waals surface area contributed by atoms with E-state index in [1.807, 2.05) is 6.92 Å². The SMILES string of the molecule is Cc1ncsc1C(=O)N1CCO[C@@H](c2ccc(F)cc2)C1. The largest absolute Gasteiger partial charge is 0.370 e. The van der Waals surface area contributed by atoms with Crippen molar-refractivity contribution in [2.75, 3.05) is 19.7 Å². The molecule has 2 heterocycles. The van der Waals surface area contributed by atoms with Crippen LogP contribution in [0.15, 0.2) is 29.8 Å². The van der Waals surface area contributed by atoms with Crippen molar-refractivity contribution in [2.24, 2.45) is 0 Å². The third-order valence-corrected chi connectivity index (χ3v) is 4.45. The second kappa shape index (κ2) is 5.91. The van der Waals surface area contributed by atoms with E-state index in [1.54, 1.807) is 22.5 Å². The van der Waals surface area contributed by atoms with Crippen molar-refractivity contribution in [3.8, 4) is 0 Å². The highest BCUT2D eigenvalue weighted by atomic mass is 32.1. The first-order valence-corrected chi connectivity index (χ1v) is 7.59. The molecule has 1 atom stereocenters. The zero-order chi connectivity index (χ0) is 14.8. The Morgan fingerprint density at radius 1 is 1.43 bits per heavy atom. The first kappa shape index (κ1) is 14.2. The van der Waals surface area contributed by atoms with Crippen molar-refractivity contribution in [3.63, 3.8) is 0 Å². The molecule has 0 radical (unpaired) electrons. The summed E-state index contributed by atoms with van der Waals surface area (Å²) >= 11 is 1.36. The predicted octanol–water partition coefficient (Wildman–Crippen LogP) is 2.80. The molecule has 3 rings (SSSR count). The van der Waals surface area contributed by atoms with Gasteiger partial charge in [0, 0.05) is 6.54 Å². The summed E-state index contributed by atoms with van der Waals surface area (Å²) in [5, 5.41) is 0. The summed E-state index contributed by atoms with van der Waals surface area (Å²) in [4.78, 5) is 19.1. The van der Waals surface area contributed by atoms with Gasteiger partial charge in [-0.25, -0.2) is 9.37 Å². The van der Waals surface area contributed by atoms with Gasteiger partial charge in [-0.15, -0.1) is 11.3 Å². The maximum atomic E-state index is 13.0. The van der Waals surface area contributed by atoms with E-state index in [0.717, 1.165) is 11.3 Å². The smallest absolute Gasteiger partial charge is 0.266 e. The summed E-state index contributed by atoms with van der Waals surface area (Å²) in [6.07, 6.45) is -0.212. The van der Waals surface area contributed by atoms with Gasteiger partial charge in [0.05, 0.1) is 24.4 Å². The fourth-order valence-electron chi connectivity index (χ4n) is 2.36. The normalized spacial score (nSPS) is 18.8. The molecule has 0 saturated carbocycles. The maximum Gasteiger partial charge on any atom is 0.266 e. The number of hydrogen-bond acceptors (Lipinski definition) is 4. The molecule has 1 aromatic heterocycles.